The number of hydrogen-bond donors (Lipinski definition) is 1. The van der Waals surface area contributed by atoms with Gasteiger partial charge >= 0.3 is 0 Å². The highest BCUT2D eigenvalue weighted by Gasteiger charge is 2.36. The Morgan fingerprint density at radius 3 is 2.40 bits per heavy atom. The molecule has 1 N–H and O–H groups in total. The quantitative estimate of drug-likeness (QED) is 0.866. The maximum atomic E-state index is 12.3. The molecule has 7 heteroatoms. The lowest BCUT2D eigenvalue weighted by Crippen LogP contribution is -2.38. The van der Waals surface area contributed by atoms with Crippen molar-refractivity contribution in [3.63, 3.8) is 0 Å². The number of nitrogens with one attached hydrogen (secondary N) is 1. The lowest BCUT2D eigenvalue weighted by atomic mass is 9.94. The van der Waals surface area contributed by atoms with E-state index in [4.69, 9.17) is 0 Å². The summed E-state index contributed by atoms with van der Waals surface area (Å²) >= 11 is 0. The van der Waals surface area contributed by atoms with Crippen molar-refractivity contribution in [1.82, 2.24) is 4.72 Å². The van der Waals surface area contributed by atoms with E-state index >= 15 is 0 Å². The molecule has 1 aliphatic rings. The van der Waals surface area contributed by atoms with Crippen LogP contribution in [0.5, 0.6) is 0 Å². The molecule has 138 valence electrons. The highest BCUT2D eigenvalue weighted by atomic mass is 32.2. The van der Waals surface area contributed by atoms with E-state index in [1.165, 1.54) is 4.90 Å². The Kier molecular flexibility index (Phi) is 5.56. The van der Waals surface area contributed by atoms with Gasteiger partial charge in [-0.1, -0.05) is 38.5 Å². The fourth-order valence-electron chi connectivity index (χ4n) is 2.59. The smallest absolute Gasteiger partial charge is 0.238 e. The minimum Gasteiger partial charge on any atom is -0.312 e. The van der Waals surface area contributed by atoms with Crippen LogP contribution in [0.15, 0.2) is 24.3 Å². The predicted molar refractivity (Wildman–Crippen MR) is 97.6 cm³/mol. The Morgan fingerprint density at radius 1 is 1.24 bits per heavy atom. The van der Waals surface area contributed by atoms with E-state index in [9.17, 15) is 18.0 Å². The topological polar surface area (TPSA) is 83.6 Å². The Morgan fingerprint density at radius 2 is 1.84 bits per heavy atom. The van der Waals surface area contributed by atoms with E-state index in [-0.39, 0.29) is 30.0 Å². The highest BCUT2D eigenvalue weighted by molar-refractivity contribution is 7.90. The van der Waals surface area contributed by atoms with E-state index in [0.29, 0.717) is 6.42 Å². The van der Waals surface area contributed by atoms with Crippen molar-refractivity contribution in [3.05, 3.63) is 29.8 Å². The Balaban J connectivity index is 1.99. The van der Waals surface area contributed by atoms with Gasteiger partial charge in [-0.25, -0.2) is 8.42 Å². The van der Waals surface area contributed by atoms with Gasteiger partial charge in [0.15, 0.2) is 0 Å². The van der Waals surface area contributed by atoms with E-state index in [1.807, 2.05) is 52.0 Å². The molecule has 0 bridgehead atoms. The van der Waals surface area contributed by atoms with Gasteiger partial charge in [-0.15, -0.1) is 0 Å². The lowest BCUT2D eigenvalue weighted by molar-refractivity contribution is -0.124. The normalized spacial score (nSPS) is 18.5. The van der Waals surface area contributed by atoms with Crippen molar-refractivity contribution in [2.75, 3.05) is 17.2 Å². The number of hydrogen-bond acceptors (Lipinski definition) is 4. The van der Waals surface area contributed by atoms with Gasteiger partial charge in [0.1, 0.15) is 0 Å². The summed E-state index contributed by atoms with van der Waals surface area (Å²) in [4.78, 5) is 26.0. The molecule has 0 spiro atoms. The molecule has 0 aromatic heterocycles. The highest BCUT2D eigenvalue weighted by Crippen LogP contribution is 2.26. The third-order valence-electron chi connectivity index (χ3n) is 4.22. The first kappa shape index (κ1) is 19.4. The first-order valence-corrected chi connectivity index (χ1v) is 10.0. The number of rotatable bonds is 5. The minimum atomic E-state index is -3.69. The molecular weight excluding hydrogens is 340 g/mol. The molecule has 1 saturated heterocycles. The van der Waals surface area contributed by atoms with Crippen molar-refractivity contribution in [2.24, 2.45) is 11.3 Å². The standard InChI is InChI=1S/C18H26N2O4S/c1-13-5-7-15(8-6-13)20-12-14(11-16(20)21)17(22)19-25(23,24)10-9-18(2,3)4/h5-8,14H,9-12H2,1-4H3,(H,19,22). The van der Waals surface area contributed by atoms with Gasteiger partial charge in [0.2, 0.25) is 21.8 Å². The van der Waals surface area contributed by atoms with Crippen LogP contribution in [0.3, 0.4) is 0 Å². The first-order chi connectivity index (χ1) is 11.5. The van der Waals surface area contributed by atoms with Gasteiger partial charge in [-0.3, -0.25) is 14.3 Å². The number of sulfonamides is 1. The van der Waals surface area contributed by atoms with Crippen molar-refractivity contribution >= 4 is 27.5 Å². The third-order valence-corrected chi connectivity index (χ3v) is 5.47. The Bertz CT molecular complexity index is 748. The largest absolute Gasteiger partial charge is 0.312 e. The van der Waals surface area contributed by atoms with Crippen molar-refractivity contribution in [1.29, 1.82) is 0 Å². The van der Waals surface area contributed by atoms with Crippen LogP contribution in [0.4, 0.5) is 5.69 Å². The molecular formula is C18H26N2O4S. The fraction of sp³-hybridized carbons (Fsp3) is 0.556. The number of anilines is 1. The van der Waals surface area contributed by atoms with Gasteiger partial charge < -0.3 is 4.90 Å². The summed E-state index contributed by atoms with van der Waals surface area (Å²) in [6, 6.07) is 7.45. The van der Waals surface area contributed by atoms with E-state index < -0.39 is 21.8 Å². The number of benzene rings is 1. The summed E-state index contributed by atoms with van der Waals surface area (Å²) in [5.74, 6) is -1.53. The van der Waals surface area contributed by atoms with Crippen LogP contribution in [0.1, 0.15) is 39.2 Å². The fourth-order valence-corrected chi connectivity index (χ4v) is 4.04. The molecule has 1 aliphatic heterocycles. The molecule has 25 heavy (non-hydrogen) atoms. The number of aryl methyl sites for hydroxylation is 1. The number of carbonyl (C=O) groups is 2. The van der Waals surface area contributed by atoms with Crippen LogP contribution in [-0.4, -0.2) is 32.5 Å². The molecule has 1 atom stereocenters. The molecule has 1 aromatic rings. The number of nitrogens with zero attached hydrogens (tertiary/aromatic N) is 1. The zero-order valence-corrected chi connectivity index (χ0v) is 16.0. The molecule has 2 amide bonds. The zero-order chi connectivity index (χ0) is 18.8. The van der Waals surface area contributed by atoms with Gasteiger partial charge in [0, 0.05) is 18.7 Å². The van der Waals surface area contributed by atoms with Crippen LogP contribution < -0.4 is 9.62 Å². The Hall–Kier alpha value is -1.89. The van der Waals surface area contributed by atoms with Crippen LogP contribution in [0.25, 0.3) is 0 Å². The summed E-state index contributed by atoms with van der Waals surface area (Å²) in [5.41, 5.74) is 1.67. The number of amides is 2. The summed E-state index contributed by atoms with van der Waals surface area (Å²) in [6.45, 7) is 7.98. The van der Waals surface area contributed by atoms with Crippen LogP contribution in [0, 0.1) is 18.3 Å². The second-order valence-electron chi connectivity index (χ2n) is 7.84. The molecule has 1 heterocycles. The molecule has 0 saturated carbocycles. The average Bonchev–Trinajstić information content (AvgIpc) is 2.87. The Labute approximate surface area is 149 Å². The molecule has 1 unspecified atom stereocenters. The second-order valence-corrected chi connectivity index (χ2v) is 9.68. The second kappa shape index (κ2) is 7.15. The molecule has 0 aliphatic carbocycles. The van der Waals surface area contributed by atoms with Gasteiger partial charge in [0.25, 0.3) is 0 Å². The summed E-state index contributed by atoms with van der Waals surface area (Å²) in [7, 11) is -3.69. The van der Waals surface area contributed by atoms with Crippen molar-refractivity contribution in [3.8, 4) is 0 Å². The van der Waals surface area contributed by atoms with E-state index in [0.717, 1.165) is 11.3 Å². The third kappa shape index (κ3) is 5.56. The van der Waals surface area contributed by atoms with Gasteiger partial charge in [-0.2, -0.15) is 0 Å². The molecule has 6 nitrogen and oxygen atoms in total. The minimum absolute atomic E-state index is 0.0223. The van der Waals surface area contributed by atoms with Crippen LogP contribution in [-0.2, 0) is 19.6 Å². The molecule has 1 fully saturated rings. The van der Waals surface area contributed by atoms with E-state index in [1.54, 1.807) is 0 Å². The summed E-state index contributed by atoms with van der Waals surface area (Å²) < 4.78 is 26.3. The van der Waals surface area contributed by atoms with Gasteiger partial charge in [0.05, 0.1) is 11.7 Å². The first-order valence-electron chi connectivity index (χ1n) is 8.38. The molecule has 0 radical (unpaired) electrons. The van der Waals surface area contributed by atoms with Crippen molar-refractivity contribution in [2.45, 2.75) is 40.5 Å². The zero-order valence-electron chi connectivity index (χ0n) is 15.2. The predicted octanol–water partition coefficient (Wildman–Crippen LogP) is 2.23. The van der Waals surface area contributed by atoms with Crippen LogP contribution in [0.2, 0.25) is 0 Å². The maximum Gasteiger partial charge on any atom is 0.238 e. The van der Waals surface area contributed by atoms with E-state index in [2.05, 4.69) is 4.72 Å². The van der Waals surface area contributed by atoms with Gasteiger partial charge in [-0.05, 0) is 30.9 Å². The maximum absolute atomic E-state index is 12.3. The average molecular weight is 366 g/mol. The SMILES string of the molecule is Cc1ccc(N2CC(C(=O)NS(=O)(=O)CCC(C)(C)C)CC2=O)cc1. The summed E-state index contributed by atoms with van der Waals surface area (Å²) in [5, 5.41) is 0. The van der Waals surface area contributed by atoms with Crippen LogP contribution >= 0.6 is 0 Å². The van der Waals surface area contributed by atoms with Crippen molar-refractivity contribution < 1.29 is 18.0 Å². The number of carbonyl (C=O) groups excluding carboxylic acids is 2. The molecule has 1 aromatic carbocycles. The monoisotopic (exact) mass is 366 g/mol. The lowest BCUT2D eigenvalue weighted by Gasteiger charge is -2.19. The molecule has 2 rings (SSSR count). The summed E-state index contributed by atoms with van der Waals surface area (Å²) in [6.07, 6.45) is 0.475.